The van der Waals surface area contributed by atoms with Crippen LogP contribution in [0.5, 0.6) is 0 Å². The van der Waals surface area contributed by atoms with Gasteiger partial charge < -0.3 is 5.32 Å². The number of hydrogen-bond donors (Lipinski definition) is 2. The van der Waals surface area contributed by atoms with Crippen molar-refractivity contribution in [2.24, 2.45) is 5.92 Å². The monoisotopic (exact) mass is 387 g/mol. The number of anilines is 2. The molecule has 0 saturated carbocycles. The lowest BCUT2D eigenvalue weighted by Crippen LogP contribution is -2.28. The lowest BCUT2D eigenvalue weighted by atomic mass is 10.1. The van der Waals surface area contributed by atoms with E-state index in [1.807, 2.05) is 13.8 Å². The number of carbonyl (C=O) groups is 2. The Balaban J connectivity index is 1.54. The van der Waals surface area contributed by atoms with Crippen molar-refractivity contribution in [3.8, 4) is 0 Å². The van der Waals surface area contributed by atoms with Crippen LogP contribution in [0.3, 0.4) is 0 Å². The van der Waals surface area contributed by atoms with Crippen molar-refractivity contribution in [3.63, 3.8) is 0 Å². The summed E-state index contributed by atoms with van der Waals surface area (Å²) in [5.41, 5.74) is 1.47. The van der Waals surface area contributed by atoms with Crippen molar-refractivity contribution in [1.29, 1.82) is 0 Å². The number of benzene rings is 1. The second-order valence-corrected chi connectivity index (χ2v) is 7.68. The molecule has 0 aliphatic carbocycles. The third kappa shape index (κ3) is 3.08. The fourth-order valence-electron chi connectivity index (χ4n) is 3.31. The molecule has 27 heavy (non-hydrogen) atoms. The van der Waals surface area contributed by atoms with Gasteiger partial charge in [0, 0.05) is 17.8 Å². The highest BCUT2D eigenvalue weighted by molar-refractivity contribution is 7.15. The first-order valence-corrected chi connectivity index (χ1v) is 9.49. The molecule has 140 valence electrons. The third-order valence-electron chi connectivity index (χ3n) is 4.73. The minimum Gasteiger partial charge on any atom is -0.302 e. The van der Waals surface area contributed by atoms with Gasteiger partial charge in [-0.2, -0.15) is 5.10 Å². The minimum absolute atomic E-state index is 0.0552. The van der Waals surface area contributed by atoms with Crippen LogP contribution in [-0.2, 0) is 16.0 Å². The summed E-state index contributed by atoms with van der Waals surface area (Å²) in [6, 6.07) is 4.58. The fraction of sp³-hybridized carbons (Fsp3) is 0.333. The van der Waals surface area contributed by atoms with Crippen molar-refractivity contribution >= 4 is 45.0 Å². The van der Waals surface area contributed by atoms with Gasteiger partial charge in [0.15, 0.2) is 10.9 Å². The Morgan fingerprint density at radius 3 is 3.04 bits per heavy atom. The molecule has 1 aromatic carbocycles. The molecule has 1 atom stereocenters. The molecule has 0 spiro atoms. The summed E-state index contributed by atoms with van der Waals surface area (Å²) in [5.74, 6) is -1.28. The van der Waals surface area contributed by atoms with Crippen molar-refractivity contribution in [2.45, 2.75) is 26.7 Å². The van der Waals surface area contributed by atoms with Crippen LogP contribution < -0.4 is 10.2 Å². The summed E-state index contributed by atoms with van der Waals surface area (Å²) in [7, 11) is 0. The fourth-order valence-corrected chi connectivity index (χ4v) is 4.22. The van der Waals surface area contributed by atoms with Crippen LogP contribution in [-0.4, -0.2) is 33.5 Å². The number of H-pyrrole nitrogens is 1. The van der Waals surface area contributed by atoms with Gasteiger partial charge in [0.25, 0.3) is 0 Å². The standard InChI is InChI=1S/C18H18FN5O2S/c1-3-12-9(2)27-18(20-12)21-17(26)10-7-14(25)24(8-10)16-15-11(19)5-4-6-13(15)22-23-16/h4-6,10H,3,7-8H2,1-2H3,(H,22,23)(H,20,21,26)/t10-/m0/s1. The molecule has 3 heterocycles. The van der Waals surface area contributed by atoms with E-state index in [-0.39, 0.29) is 36.0 Å². The highest BCUT2D eigenvalue weighted by Crippen LogP contribution is 2.32. The highest BCUT2D eigenvalue weighted by Gasteiger charge is 2.37. The Bertz CT molecular complexity index is 1040. The number of aromatic amines is 1. The Morgan fingerprint density at radius 2 is 2.30 bits per heavy atom. The van der Waals surface area contributed by atoms with Crippen molar-refractivity contribution in [2.75, 3.05) is 16.8 Å². The smallest absolute Gasteiger partial charge is 0.231 e. The van der Waals surface area contributed by atoms with Crippen LogP contribution in [0.4, 0.5) is 15.3 Å². The molecule has 0 unspecified atom stereocenters. The number of amides is 2. The number of halogens is 1. The SMILES string of the molecule is CCc1nc(NC(=O)[C@H]2CC(=O)N(c3n[nH]c4cccc(F)c34)C2)sc1C. The molecule has 2 aromatic heterocycles. The Hall–Kier alpha value is -2.81. The molecular weight excluding hydrogens is 369 g/mol. The Labute approximate surface area is 158 Å². The van der Waals surface area contributed by atoms with Crippen LogP contribution in [0.1, 0.15) is 23.9 Å². The maximum Gasteiger partial charge on any atom is 0.231 e. The number of hydrogen-bond acceptors (Lipinski definition) is 5. The predicted molar refractivity (Wildman–Crippen MR) is 101 cm³/mol. The number of nitrogens with one attached hydrogen (secondary N) is 2. The van der Waals surface area contributed by atoms with Gasteiger partial charge in [-0.3, -0.25) is 19.6 Å². The molecule has 7 nitrogen and oxygen atoms in total. The predicted octanol–water partition coefficient (Wildman–Crippen LogP) is 3.02. The number of carbonyl (C=O) groups excluding carboxylic acids is 2. The summed E-state index contributed by atoms with van der Waals surface area (Å²) < 4.78 is 14.2. The van der Waals surface area contributed by atoms with Gasteiger partial charge in [-0.15, -0.1) is 11.3 Å². The average Bonchev–Trinajstić information content (AvgIpc) is 3.32. The molecule has 1 aliphatic rings. The molecular formula is C18H18FN5O2S. The lowest BCUT2D eigenvalue weighted by Gasteiger charge is -2.14. The van der Waals surface area contributed by atoms with Crippen molar-refractivity contribution in [1.82, 2.24) is 15.2 Å². The van der Waals surface area contributed by atoms with E-state index in [4.69, 9.17) is 0 Å². The molecule has 3 aromatic rings. The first-order chi connectivity index (χ1) is 13.0. The molecule has 1 aliphatic heterocycles. The number of rotatable bonds is 4. The number of fused-ring (bicyclic) bond motifs is 1. The summed E-state index contributed by atoms with van der Waals surface area (Å²) >= 11 is 1.42. The van der Waals surface area contributed by atoms with Gasteiger partial charge in [0.2, 0.25) is 11.8 Å². The van der Waals surface area contributed by atoms with Crippen LogP contribution in [0.2, 0.25) is 0 Å². The van der Waals surface area contributed by atoms with E-state index in [1.165, 1.54) is 22.3 Å². The Kier molecular flexibility index (Phi) is 4.39. The number of nitrogens with zero attached hydrogens (tertiary/aromatic N) is 3. The summed E-state index contributed by atoms with van der Waals surface area (Å²) in [6.45, 7) is 4.13. The molecule has 9 heteroatoms. The summed E-state index contributed by atoms with van der Waals surface area (Å²) in [6.07, 6.45) is 0.853. The zero-order valence-electron chi connectivity index (χ0n) is 14.9. The average molecular weight is 387 g/mol. The summed E-state index contributed by atoms with van der Waals surface area (Å²) in [4.78, 5) is 31.9. The maximum atomic E-state index is 14.2. The zero-order valence-corrected chi connectivity index (χ0v) is 15.7. The molecule has 4 rings (SSSR count). The minimum atomic E-state index is -0.537. The first-order valence-electron chi connectivity index (χ1n) is 8.68. The first kappa shape index (κ1) is 17.6. The van der Waals surface area contributed by atoms with Crippen LogP contribution in [0.15, 0.2) is 18.2 Å². The molecule has 2 amide bonds. The quantitative estimate of drug-likeness (QED) is 0.720. The summed E-state index contributed by atoms with van der Waals surface area (Å²) in [5, 5.41) is 10.4. The van der Waals surface area contributed by atoms with Crippen LogP contribution >= 0.6 is 11.3 Å². The van der Waals surface area contributed by atoms with Gasteiger partial charge in [-0.25, -0.2) is 9.37 Å². The van der Waals surface area contributed by atoms with E-state index in [2.05, 4.69) is 20.5 Å². The lowest BCUT2D eigenvalue weighted by molar-refractivity contribution is -0.122. The van der Waals surface area contributed by atoms with Gasteiger partial charge in [-0.1, -0.05) is 13.0 Å². The van der Waals surface area contributed by atoms with Gasteiger partial charge in [0.1, 0.15) is 5.82 Å². The second-order valence-electron chi connectivity index (χ2n) is 6.48. The zero-order chi connectivity index (χ0) is 19.1. The van der Waals surface area contributed by atoms with Gasteiger partial charge in [0.05, 0.1) is 22.5 Å². The van der Waals surface area contributed by atoms with E-state index in [1.54, 1.807) is 12.1 Å². The van der Waals surface area contributed by atoms with Crippen molar-refractivity contribution in [3.05, 3.63) is 34.6 Å². The van der Waals surface area contributed by atoms with Gasteiger partial charge in [-0.05, 0) is 25.5 Å². The van der Waals surface area contributed by atoms with E-state index in [0.29, 0.717) is 10.6 Å². The maximum absolute atomic E-state index is 14.2. The second kappa shape index (κ2) is 6.73. The van der Waals surface area contributed by atoms with E-state index < -0.39 is 11.7 Å². The number of thiazole rings is 1. The molecule has 1 fully saturated rings. The Morgan fingerprint density at radius 1 is 1.48 bits per heavy atom. The largest absolute Gasteiger partial charge is 0.302 e. The molecule has 0 bridgehead atoms. The topological polar surface area (TPSA) is 91.0 Å². The molecule has 1 saturated heterocycles. The number of aryl methyl sites for hydroxylation is 2. The molecule has 0 radical (unpaired) electrons. The third-order valence-corrected chi connectivity index (χ3v) is 5.66. The number of aromatic nitrogens is 3. The van der Waals surface area contributed by atoms with E-state index in [9.17, 15) is 14.0 Å². The van der Waals surface area contributed by atoms with E-state index in [0.717, 1.165) is 17.0 Å². The molecule has 2 N–H and O–H groups in total. The van der Waals surface area contributed by atoms with E-state index >= 15 is 0 Å². The van der Waals surface area contributed by atoms with Gasteiger partial charge >= 0.3 is 0 Å². The van der Waals surface area contributed by atoms with Crippen LogP contribution in [0.25, 0.3) is 10.9 Å². The van der Waals surface area contributed by atoms with Crippen LogP contribution in [0, 0.1) is 18.7 Å². The normalized spacial score (nSPS) is 17.1. The highest BCUT2D eigenvalue weighted by atomic mass is 32.1. The van der Waals surface area contributed by atoms with Crippen molar-refractivity contribution < 1.29 is 14.0 Å².